The molecule has 0 heterocycles. The zero-order chi connectivity index (χ0) is 8.69. The predicted molar refractivity (Wildman–Crippen MR) is 43.7 cm³/mol. The van der Waals surface area contributed by atoms with Gasteiger partial charge in [0.2, 0.25) is 6.41 Å². The van der Waals surface area contributed by atoms with Gasteiger partial charge in [-0.1, -0.05) is 6.58 Å². The van der Waals surface area contributed by atoms with E-state index in [1.807, 2.05) is 6.92 Å². The Morgan fingerprint density at radius 2 is 2.36 bits per heavy atom. The number of ether oxygens (including phenoxy) is 1. The summed E-state index contributed by atoms with van der Waals surface area (Å²) in [5.74, 6) is 0.717. The lowest BCUT2D eigenvalue weighted by molar-refractivity contribution is -0.116. The highest BCUT2D eigenvalue weighted by molar-refractivity contribution is 5.46. The summed E-state index contributed by atoms with van der Waals surface area (Å²) in [5.41, 5.74) is 0. The molecule has 0 unspecified atom stereocenters. The van der Waals surface area contributed by atoms with Crippen LogP contribution in [-0.4, -0.2) is 24.9 Å². The summed E-state index contributed by atoms with van der Waals surface area (Å²) in [4.78, 5) is 11.7. The van der Waals surface area contributed by atoms with E-state index in [1.54, 1.807) is 13.1 Å². The number of likely N-dealkylation sites (N-methyl/N-ethyl adjacent to an activating group) is 1. The fraction of sp³-hybridized carbons (Fsp3) is 0.375. The highest BCUT2D eigenvalue weighted by atomic mass is 16.5. The van der Waals surface area contributed by atoms with Crippen molar-refractivity contribution in [2.24, 2.45) is 0 Å². The van der Waals surface area contributed by atoms with E-state index < -0.39 is 0 Å². The molecule has 0 aliphatic rings. The zero-order valence-electron chi connectivity index (χ0n) is 6.91. The number of carbonyl (C=O) groups excluding carboxylic acids is 1. The topological polar surface area (TPSA) is 29.5 Å². The molecule has 62 valence electrons. The molecule has 11 heavy (non-hydrogen) atoms. The summed E-state index contributed by atoms with van der Waals surface area (Å²) in [7, 11) is 1.68. The summed E-state index contributed by atoms with van der Waals surface area (Å²) in [6.07, 6.45) is 3.88. The highest BCUT2D eigenvalue weighted by Gasteiger charge is 1.98. The molecule has 0 radical (unpaired) electrons. The first-order valence-electron chi connectivity index (χ1n) is 3.32. The lowest BCUT2D eigenvalue weighted by atomic mass is 10.4. The Morgan fingerprint density at radius 1 is 1.73 bits per heavy atom. The molecule has 0 saturated carbocycles. The third-order valence-corrected chi connectivity index (χ3v) is 1.14. The Kier molecular flexibility index (Phi) is 4.90. The fourth-order valence-electron chi connectivity index (χ4n) is 0.587. The number of allylic oxidation sites excluding steroid dienone is 1. The number of rotatable bonds is 5. The normalized spacial score (nSPS) is 10.5. The molecule has 0 atom stereocenters. The van der Waals surface area contributed by atoms with Crippen molar-refractivity contribution in [1.29, 1.82) is 0 Å². The van der Waals surface area contributed by atoms with Crippen molar-refractivity contribution < 1.29 is 9.53 Å². The molecule has 0 aliphatic carbocycles. The Bertz CT molecular complexity index is 163. The molecule has 0 aromatic heterocycles. The Hall–Kier alpha value is -1.25. The third-order valence-electron chi connectivity index (χ3n) is 1.14. The van der Waals surface area contributed by atoms with Crippen LogP contribution in [0.15, 0.2) is 24.7 Å². The lowest BCUT2D eigenvalue weighted by Gasteiger charge is -2.11. The van der Waals surface area contributed by atoms with Crippen LogP contribution in [0, 0.1) is 0 Å². The molecule has 1 amide bonds. The first-order valence-corrected chi connectivity index (χ1v) is 3.32. The summed E-state index contributed by atoms with van der Waals surface area (Å²) < 4.78 is 4.99. The predicted octanol–water partition coefficient (Wildman–Crippen LogP) is 1.14. The first kappa shape index (κ1) is 9.75. The van der Waals surface area contributed by atoms with Crippen LogP contribution in [0.25, 0.3) is 0 Å². The van der Waals surface area contributed by atoms with E-state index in [9.17, 15) is 4.79 Å². The van der Waals surface area contributed by atoms with Gasteiger partial charge < -0.3 is 9.64 Å². The molecular weight excluding hydrogens is 142 g/mol. The monoisotopic (exact) mass is 155 g/mol. The molecule has 0 fully saturated rings. The van der Waals surface area contributed by atoms with Gasteiger partial charge in [0.25, 0.3) is 0 Å². The Balaban J connectivity index is 3.87. The van der Waals surface area contributed by atoms with E-state index in [0.29, 0.717) is 6.54 Å². The summed E-state index contributed by atoms with van der Waals surface area (Å²) >= 11 is 0. The molecule has 0 spiro atoms. The van der Waals surface area contributed by atoms with E-state index in [-0.39, 0.29) is 0 Å². The molecule has 0 rings (SSSR count). The average molecular weight is 155 g/mol. The maximum Gasteiger partial charge on any atom is 0.209 e. The molecule has 0 aromatic rings. The van der Waals surface area contributed by atoms with Gasteiger partial charge in [-0.05, 0) is 13.0 Å². The maximum absolute atomic E-state index is 10.2. The van der Waals surface area contributed by atoms with Crippen molar-refractivity contribution in [3.05, 3.63) is 24.7 Å². The largest absolute Gasteiger partial charge is 0.468 e. The van der Waals surface area contributed by atoms with Crippen molar-refractivity contribution in [1.82, 2.24) is 4.90 Å². The second-order valence-electron chi connectivity index (χ2n) is 2.06. The second-order valence-corrected chi connectivity index (χ2v) is 2.06. The zero-order valence-corrected chi connectivity index (χ0v) is 6.91. The van der Waals surface area contributed by atoms with Crippen LogP contribution in [0.3, 0.4) is 0 Å². The van der Waals surface area contributed by atoms with E-state index in [1.165, 1.54) is 11.2 Å². The maximum atomic E-state index is 10.2. The van der Waals surface area contributed by atoms with Gasteiger partial charge in [-0.15, -0.1) is 0 Å². The Morgan fingerprint density at radius 3 is 2.73 bits per heavy atom. The smallest absolute Gasteiger partial charge is 0.209 e. The molecule has 3 heteroatoms. The van der Waals surface area contributed by atoms with Gasteiger partial charge in [0.15, 0.2) is 0 Å². The number of carbonyl (C=O) groups is 1. The lowest BCUT2D eigenvalue weighted by Crippen LogP contribution is -2.19. The number of nitrogens with zero attached hydrogens (tertiary/aromatic N) is 1. The number of hydrogen-bond acceptors (Lipinski definition) is 2. The van der Waals surface area contributed by atoms with Crippen molar-refractivity contribution in [3.63, 3.8) is 0 Å². The van der Waals surface area contributed by atoms with Crippen molar-refractivity contribution in [3.8, 4) is 0 Å². The summed E-state index contributed by atoms with van der Waals surface area (Å²) in [6.45, 7) is 5.73. The van der Waals surface area contributed by atoms with Crippen LogP contribution in [-0.2, 0) is 9.53 Å². The molecule has 0 saturated heterocycles. The van der Waals surface area contributed by atoms with Crippen LogP contribution in [0.2, 0.25) is 0 Å². The van der Waals surface area contributed by atoms with Crippen molar-refractivity contribution >= 4 is 6.41 Å². The van der Waals surface area contributed by atoms with Gasteiger partial charge in [-0.2, -0.15) is 0 Å². The molecule has 3 nitrogen and oxygen atoms in total. The van der Waals surface area contributed by atoms with Crippen molar-refractivity contribution in [2.75, 3.05) is 13.6 Å². The van der Waals surface area contributed by atoms with Crippen LogP contribution in [0.1, 0.15) is 6.92 Å². The van der Waals surface area contributed by atoms with Gasteiger partial charge in [-0.25, -0.2) is 0 Å². The SMILES string of the molecule is C=CO/C(=C\C)CN(C)C=O. The second kappa shape index (κ2) is 5.53. The highest BCUT2D eigenvalue weighted by Crippen LogP contribution is 1.98. The van der Waals surface area contributed by atoms with Gasteiger partial charge >= 0.3 is 0 Å². The van der Waals surface area contributed by atoms with Crippen molar-refractivity contribution in [2.45, 2.75) is 6.92 Å². The van der Waals surface area contributed by atoms with Crippen LogP contribution in [0.4, 0.5) is 0 Å². The Labute approximate surface area is 66.9 Å². The van der Waals surface area contributed by atoms with Crippen LogP contribution < -0.4 is 0 Å². The van der Waals surface area contributed by atoms with Gasteiger partial charge in [0.1, 0.15) is 5.76 Å². The first-order chi connectivity index (χ1) is 5.24. The van der Waals surface area contributed by atoms with Gasteiger partial charge in [0.05, 0.1) is 12.8 Å². The van der Waals surface area contributed by atoms with Gasteiger partial charge in [-0.3, -0.25) is 4.79 Å². The van der Waals surface area contributed by atoms with E-state index in [2.05, 4.69) is 6.58 Å². The molecule has 0 aliphatic heterocycles. The molecule has 0 bridgehead atoms. The summed E-state index contributed by atoms with van der Waals surface area (Å²) in [6, 6.07) is 0. The quantitative estimate of drug-likeness (QED) is 0.440. The van der Waals surface area contributed by atoms with Gasteiger partial charge in [0, 0.05) is 7.05 Å². The minimum absolute atomic E-state index is 0.478. The molecular formula is C8H13NO2. The standard InChI is InChI=1S/C8H13NO2/c1-4-8(11-5-2)6-9(3)7-10/h4-5,7H,2,6H2,1,3H3/b8-4-. The minimum Gasteiger partial charge on any atom is -0.468 e. The number of amides is 1. The summed E-state index contributed by atoms with van der Waals surface area (Å²) in [5, 5.41) is 0. The third kappa shape index (κ3) is 4.19. The molecule has 0 N–H and O–H groups in total. The van der Waals surface area contributed by atoms with Crippen LogP contribution in [0.5, 0.6) is 0 Å². The molecule has 0 aromatic carbocycles. The van der Waals surface area contributed by atoms with E-state index in [0.717, 1.165) is 12.2 Å². The number of hydrogen-bond donors (Lipinski definition) is 0. The van der Waals surface area contributed by atoms with E-state index in [4.69, 9.17) is 4.74 Å². The minimum atomic E-state index is 0.478. The average Bonchev–Trinajstić information content (AvgIpc) is 2.03. The van der Waals surface area contributed by atoms with E-state index >= 15 is 0 Å². The van der Waals surface area contributed by atoms with Crippen LogP contribution >= 0.6 is 0 Å². The fourth-order valence-corrected chi connectivity index (χ4v) is 0.587.